The van der Waals surface area contributed by atoms with E-state index in [-0.39, 0.29) is 11.9 Å². The van der Waals surface area contributed by atoms with Gasteiger partial charge in [0.2, 0.25) is 0 Å². The summed E-state index contributed by atoms with van der Waals surface area (Å²) in [6.07, 6.45) is 6.40. The van der Waals surface area contributed by atoms with Crippen LogP contribution >= 0.6 is 0 Å². The summed E-state index contributed by atoms with van der Waals surface area (Å²) in [7, 11) is 0. The number of rotatable bonds is 7. The van der Waals surface area contributed by atoms with Crippen LogP contribution in [0, 0.1) is 5.92 Å². The molecule has 0 fully saturated rings. The van der Waals surface area contributed by atoms with Gasteiger partial charge >= 0.3 is 0 Å². The molecule has 0 saturated heterocycles. The van der Waals surface area contributed by atoms with Gasteiger partial charge in [-0.25, -0.2) is 0 Å². The molecule has 1 atom stereocenters. The molecule has 0 aromatic carbocycles. The van der Waals surface area contributed by atoms with Gasteiger partial charge in [-0.2, -0.15) is 0 Å². The standard InChI is InChI=1S/C14H24N4O/c1-10(2)5-4-6-11(3)17-14(19)12-9-16-8-7-13(12)18-15/h7-11H,4-6,15H2,1-3H3,(H,16,18)(H,17,19). The quantitative estimate of drug-likeness (QED) is 0.521. The monoisotopic (exact) mass is 264 g/mol. The highest BCUT2D eigenvalue weighted by Gasteiger charge is 2.13. The molecule has 1 heterocycles. The van der Waals surface area contributed by atoms with Gasteiger partial charge in [0, 0.05) is 18.4 Å². The molecule has 0 aliphatic carbocycles. The average molecular weight is 264 g/mol. The number of anilines is 1. The molecule has 5 nitrogen and oxygen atoms in total. The second-order valence-electron chi connectivity index (χ2n) is 5.26. The summed E-state index contributed by atoms with van der Waals surface area (Å²) in [4.78, 5) is 16.0. The van der Waals surface area contributed by atoms with E-state index in [1.165, 1.54) is 12.6 Å². The number of carbonyl (C=O) groups excluding carboxylic acids is 1. The van der Waals surface area contributed by atoms with Gasteiger partial charge in [-0.05, 0) is 25.3 Å². The van der Waals surface area contributed by atoms with E-state index < -0.39 is 0 Å². The first-order chi connectivity index (χ1) is 9.04. The van der Waals surface area contributed by atoms with Crippen molar-refractivity contribution in [1.82, 2.24) is 10.3 Å². The Morgan fingerprint density at radius 3 is 2.74 bits per heavy atom. The number of amides is 1. The third-order valence-corrected chi connectivity index (χ3v) is 3.02. The SMILES string of the molecule is CC(C)CCCC(C)NC(=O)c1cnccc1NN. The predicted octanol–water partition coefficient (Wildman–Crippen LogP) is 2.31. The largest absolute Gasteiger partial charge is 0.349 e. The molecule has 1 rings (SSSR count). The fourth-order valence-corrected chi connectivity index (χ4v) is 1.91. The molecule has 106 valence electrons. The molecule has 0 radical (unpaired) electrons. The van der Waals surface area contributed by atoms with Crippen molar-refractivity contribution in [2.24, 2.45) is 11.8 Å². The normalized spacial score (nSPS) is 12.3. The van der Waals surface area contributed by atoms with Gasteiger partial charge < -0.3 is 10.7 Å². The summed E-state index contributed by atoms with van der Waals surface area (Å²) in [6.45, 7) is 6.43. The summed E-state index contributed by atoms with van der Waals surface area (Å²) in [5.41, 5.74) is 3.56. The van der Waals surface area contributed by atoms with Crippen LogP contribution in [0.3, 0.4) is 0 Å². The number of nitrogens with two attached hydrogens (primary N) is 1. The lowest BCUT2D eigenvalue weighted by Crippen LogP contribution is -2.33. The Hall–Kier alpha value is -1.62. The van der Waals surface area contributed by atoms with Crippen molar-refractivity contribution in [2.45, 2.75) is 46.1 Å². The summed E-state index contributed by atoms with van der Waals surface area (Å²) >= 11 is 0. The Labute approximate surface area is 115 Å². The number of hydrazine groups is 1. The maximum Gasteiger partial charge on any atom is 0.255 e. The van der Waals surface area contributed by atoms with Gasteiger partial charge in [-0.15, -0.1) is 0 Å². The summed E-state index contributed by atoms with van der Waals surface area (Å²) in [5, 5.41) is 2.97. The molecule has 19 heavy (non-hydrogen) atoms. The van der Waals surface area contributed by atoms with Crippen LogP contribution < -0.4 is 16.6 Å². The van der Waals surface area contributed by atoms with Gasteiger partial charge in [0.1, 0.15) is 0 Å². The van der Waals surface area contributed by atoms with Crippen molar-refractivity contribution >= 4 is 11.6 Å². The zero-order valence-electron chi connectivity index (χ0n) is 11.9. The third-order valence-electron chi connectivity index (χ3n) is 3.02. The maximum atomic E-state index is 12.1. The van der Waals surface area contributed by atoms with E-state index in [4.69, 9.17) is 5.84 Å². The zero-order valence-corrected chi connectivity index (χ0v) is 11.9. The van der Waals surface area contributed by atoms with Crippen LogP contribution in [0.1, 0.15) is 50.4 Å². The van der Waals surface area contributed by atoms with Gasteiger partial charge in [-0.1, -0.05) is 26.7 Å². The molecule has 4 N–H and O–H groups in total. The van der Waals surface area contributed by atoms with E-state index in [1.54, 1.807) is 12.3 Å². The number of hydrogen-bond acceptors (Lipinski definition) is 4. The van der Waals surface area contributed by atoms with E-state index in [9.17, 15) is 4.79 Å². The molecule has 1 aromatic heterocycles. The lowest BCUT2D eigenvalue weighted by molar-refractivity contribution is 0.0938. The van der Waals surface area contributed by atoms with E-state index >= 15 is 0 Å². The zero-order chi connectivity index (χ0) is 14.3. The Bertz CT molecular complexity index is 406. The minimum absolute atomic E-state index is 0.141. The molecule has 1 amide bonds. The van der Waals surface area contributed by atoms with Gasteiger partial charge in [0.25, 0.3) is 5.91 Å². The van der Waals surface area contributed by atoms with Crippen molar-refractivity contribution in [1.29, 1.82) is 0 Å². The van der Waals surface area contributed by atoms with Gasteiger partial charge in [0.05, 0.1) is 11.3 Å². The summed E-state index contributed by atoms with van der Waals surface area (Å²) in [5.74, 6) is 5.94. The molecule has 1 aromatic rings. The smallest absolute Gasteiger partial charge is 0.255 e. The van der Waals surface area contributed by atoms with Crippen molar-refractivity contribution in [2.75, 3.05) is 5.43 Å². The Kier molecular flexibility index (Phi) is 6.29. The third kappa shape index (κ3) is 5.26. The first-order valence-corrected chi connectivity index (χ1v) is 6.76. The Morgan fingerprint density at radius 1 is 1.37 bits per heavy atom. The number of aromatic nitrogens is 1. The van der Waals surface area contributed by atoms with E-state index in [2.05, 4.69) is 29.6 Å². The van der Waals surface area contributed by atoms with Crippen LogP contribution in [-0.2, 0) is 0 Å². The van der Waals surface area contributed by atoms with Crippen molar-refractivity contribution < 1.29 is 4.79 Å². The number of nitrogen functional groups attached to an aromatic ring is 1. The minimum atomic E-state index is -0.141. The van der Waals surface area contributed by atoms with Crippen molar-refractivity contribution in [3.8, 4) is 0 Å². The van der Waals surface area contributed by atoms with Crippen LogP contribution in [0.5, 0.6) is 0 Å². The van der Waals surface area contributed by atoms with Crippen LogP contribution in [0.15, 0.2) is 18.5 Å². The van der Waals surface area contributed by atoms with E-state index in [0.717, 1.165) is 12.8 Å². The topological polar surface area (TPSA) is 80.0 Å². The summed E-state index contributed by atoms with van der Waals surface area (Å²) in [6, 6.07) is 1.83. The highest BCUT2D eigenvalue weighted by Crippen LogP contribution is 2.13. The Morgan fingerprint density at radius 2 is 2.11 bits per heavy atom. The van der Waals surface area contributed by atoms with Crippen LogP contribution in [0.25, 0.3) is 0 Å². The highest BCUT2D eigenvalue weighted by molar-refractivity contribution is 5.99. The molecule has 5 heteroatoms. The van der Waals surface area contributed by atoms with Crippen LogP contribution in [-0.4, -0.2) is 16.9 Å². The molecular formula is C14H24N4O. The maximum absolute atomic E-state index is 12.1. The van der Waals surface area contributed by atoms with Gasteiger partial charge in [-0.3, -0.25) is 15.6 Å². The fraction of sp³-hybridized carbons (Fsp3) is 0.571. The molecular weight excluding hydrogens is 240 g/mol. The van der Waals surface area contributed by atoms with Crippen molar-refractivity contribution in [3.05, 3.63) is 24.0 Å². The molecule has 1 unspecified atom stereocenters. The number of hydrogen-bond donors (Lipinski definition) is 3. The fourth-order valence-electron chi connectivity index (χ4n) is 1.91. The molecule has 0 aliphatic heterocycles. The van der Waals surface area contributed by atoms with Crippen LogP contribution in [0.2, 0.25) is 0 Å². The van der Waals surface area contributed by atoms with E-state index in [0.29, 0.717) is 17.2 Å². The molecule has 0 aliphatic rings. The molecule has 0 bridgehead atoms. The lowest BCUT2D eigenvalue weighted by atomic mass is 10.0. The van der Waals surface area contributed by atoms with E-state index in [1.807, 2.05) is 6.92 Å². The first kappa shape index (κ1) is 15.4. The van der Waals surface area contributed by atoms with Crippen LogP contribution in [0.4, 0.5) is 5.69 Å². The van der Waals surface area contributed by atoms with Gasteiger partial charge in [0.15, 0.2) is 0 Å². The average Bonchev–Trinajstić information content (AvgIpc) is 2.38. The second-order valence-corrected chi connectivity index (χ2v) is 5.26. The second kappa shape index (κ2) is 7.74. The number of nitrogens with one attached hydrogen (secondary N) is 2. The number of nitrogens with zero attached hydrogens (tertiary/aromatic N) is 1. The number of carbonyl (C=O) groups is 1. The first-order valence-electron chi connectivity index (χ1n) is 6.76. The predicted molar refractivity (Wildman–Crippen MR) is 77.7 cm³/mol. The molecule has 0 spiro atoms. The number of pyridine rings is 1. The Balaban J connectivity index is 2.50. The lowest BCUT2D eigenvalue weighted by Gasteiger charge is -2.15. The highest BCUT2D eigenvalue weighted by atomic mass is 16.1. The van der Waals surface area contributed by atoms with Crippen molar-refractivity contribution in [3.63, 3.8) is 0 Å². The molecule has 0 saturated carbocycles. The minimum Gasteiger partial charge on any atom is -0.349 e. The summed E-state index contributed by atoms with van der Waals surface area (Å²) < 4.78 is 0.